The van der Waals surface area contributed by atoms with E-state index in [4.69, 9.17) is 4.74 Å². The summed E-state index contributed by atoms with van der Waals surface area (Å²) in [6.07, 6.45) is 0. The minimum atomic E-state index is -3.54. The van der Waals surface area contributed by atoms with Gasteiger partial charge in [0.05, 0.1) is 24.2 Å². The van der Waals surface area contributed by atoms with E-state index in [0.717, 1.165) is 18.7 Å². The molecule has 0 radical (unpaired) electrons. The van der Waals surface area contributed by atoms with E-state index in [2.05, 4.69) is 34.3 Å². The molecule has 0 aliphatic carbocycles. The Kier molecular flexibility index (Phi) is 5.69. The van der Waals surface area contributed by atoms with Crippen molar-refractivity contribution in [3.8, 4) is 0 Å². The first-order valence-corrected chi connectivity index (χ1v) is 10.4. The number of aryl methyl sites for hydroxylation is 1. The molecular formula is C17H25N5O3S. The van der Waals surface area contributed by atoms with Crippen LogP contribution in [0.15, 0.2) is 29.2 Å². The lowest BCUT2D eigenvalue weighted by Crippen LogP contribution is -2.42. The van der Waals surface area contributed by atoms with Crippen LogP contribution in [-0.2, 0) is 20.5 Å². The van der Waals surface area contributed by atoms with Crippen LogP contribution in [0.1, 0.15) is 31.3 Å². The number of sulfone groups is 1. The molecule has 3 rings (SSSR count). The van der Waals surface area contributed by atoms with Crippen LogP contribution in [0.5, 0.6) is 0 Å². The zero-order valence-corrected chi connectivity index (χ0v) is 16.2. The van der Waals surface area contributed by atoms with E-state index in [9.17, 15) is 8.42 Å². The van der Waals surface area contributed by atoms with Gasteiger partial charge in [-0.25, -0.2) is 13.1 Å². The second-order valence-electron chi connectivity index (χ2n) is 6.93. The van der Waals surface area contributed by atoms with Gasteiger partial charge in [-0.3, -0.25) is 4.90 Å². The quantitative estimate of drug-likeness (QED) is 0.750. The molecular weight excluding hydrogens is 354 g/mol. The first-order chi connectivity index (χ1) is 12.4. The minimum absolute atomic E-state index is 0.0536. The van der Waals surface area contributed by atoms with Gasteiger partial charge in [0.2, 0.25) is 0 Å². The van der Waals surface area contributed by atoms with Crippen LogP contribution < -0.4 is 0 Å². The number of hydrogen-bond donors (Lipinski definition) is 0. The molecule has 0 N–H and O–H groups in total. The third-order valence-electron chi connectivity index (χ3n) is 4.57. The Morgan fingerprint density at radius 2 is 1.81 bits per heavy atom. The third kappa shape index (κ3) is 4.11. The lowest BCUT2D eigenvalue weighted by molar-refractivity contribution is 0.00244. The summed E-state index contributed by atoms with van der Waals surface area (Å²) in [5.74, 6) is 0.545. The fraction of sp³-hybridized carbons (Fsp3) is 0.588. The van der Waals surface area contributed by atoms with Gasteiger partial charge in [-0.1, -0.05) is 31.5 Å². The number of tetrazole rings is 1. The number of benzene rings is 1. The first kappa shape index (κ1) is 18.9. The van der Waals surface area contributed by atoms with Crippen molar-refractivity contribution in [2.45, 2.75) is 37.6 Å². The van der Waals surface area contributed by atoms with Gasteiger partial charge in [-0.05, 0) is 35.4 Å². The number of aromatic nitrogens is 4. The molecule has 0 saturated carbocycles. The highest BCUT2D eigenvalue weighted by Gasteiger charge is 2.31. The topological polar surface area (TPSA) is 90.2 Å². The Hall–Kier alpha value is -1.84. The van der Waals surface area contributed by atoms with E-state index in [-0.39, 0.29) is 22.7 Å². The molecule has 1 aromatic heterocycles. The molecule has 1 atom stereocenters. The molecule has 1 unspecified atom stereocenters. The van der Waals surface area contributed by atoms with Crippen molar-refractivity contribution in [2.75, 3.05) is 26.3 Å². The van der Waals surface area contributed by atoms with E-state index in [0.29, 0.717) is 19.0 Å². The number of ether oxygens (including phenoxy) is 1. The summed E-state index contributed by atoms with van der Waals surface area (Å²) in [5, 5.41) is 11.9. The van der Waals surface area contributed by atoms with Crippen molar-refractivity contribution < 1.29 is 13.2 Å². The molecule has 0 amide bonds. The number of nitrogens with zero attached hydrogens (tertiary/aromatic N) is 5. The van der Waals surface area contributed by atoms with E-state index < -0.39 is 9.84 Å². The van der Waals surface area contributed by atoms with Crippen LogP contribution >= 0.6 is 0 Å². The number of hydrogen-bond acceptors (Lipinski definition) is 7. The molecule has 1 fully saturated rings. The minimum Gasteiger partial charge on any atom is -0.379 e. The van der Waals surface area contributed by atoms with Gasteiger partial charge in [0.1, 0.15) is 0 Å². The monoisotopic (exact) mass is 379 g/mol. The summed E-state index contributed by atoms with van der Waals surface area (Å²) < 4.78 is 32.4. The van der Waals surface area contributed by atoms with Gasteiger partial charge in [-0.15, -0.1) is 5.10 Å². The van der Waals surface area contributed by atoms with E-state index in [1.807, 2.05) is 6.92 Å². The zero-order valence-electron chi connectivity index (χ0n) is 15.4. The third-order valence-corrected chi connectivity index (χ3v) is 6.14. The molecule has 1 saturated heterocycles. The Morgan fingerprint density at radius 3 is 2.42 bits per heavy atom. The Labute approximate surface area is 154 Å². The van der Waals surface area contributed by atoms with Gasteiger partial charge >= 0.3 is 0 Å². The van der Waals surface area contributed by atoms with Crippen LogP contribution in [0.3, 0.4) is 0 Å². The van der Waals surface area contributed by atoms with Crippen molar-refractivity contribution in [3.63, 3.8) is 0 Å². The Balaban J connectivity index is 1.88. The smallest absolute Gasteiger partial charge is 0.198 e. The van der Waals surface area contributed by atoms with Crippen molar-refractivity contribution in [1.82, 2.24) is 25.1 Å². The molecule has 26 heavy (non-hydrogen) atoms. The molecule has 2 heterocycles. The lowest BCUT2D eigenvalue weighted by atomic mass is 10.0. The maximum Gasteiger partial charge on any atom is 0.198 e. The summed E-state index contributed by atoms with van der Waals surface area (Å²) in [5.41, 5.74) is 1.01. The summed E-state index contributed by atoms with van der Waals surface area (Å²) in [4.78, 5) is 2.53. The summed E-state index contributed by atoms with van der Waals surface area (Å²) >= 11 is 0. The molecule has 142 valence electrons. The van der Waals surface area contributed by atoms with Crippen LogP contribution in [-0.4, -0.2) is 59.8 Å². The highest BCUT2D eigenvalue weighted by atomic mass is 32.2. The highest BCUT2D eigenvalue weighted by molar-refractivity contribution is 7.90. The van der Waals surface area contributed by atoms with E-state index in [1.165, 1.54) is 4.68 Å². The van der Waals surface area contributed by atoms with Crippen LogP contribution in [0.4, 0.5) is 0 Å². The summed E-state index contributed by atoms with van der Waals surface area (Å²) in [6, 6.07) is 6.77. The number of morpholine rings is 1. The van der Waals surface area contributed by atoms with Crippen molar-refractivity contribution in [2.24, 2.45) is 5.92 Å². The standard InChI is InChI=1S/C17H25N5O3S/c1-13(2)16(21-8-10-25-11-9-21)17-18-19-20-22(17)12-26(23,24)15-6-4-14(3)5-7-15/h4-7,13,16H,8-12H2,1-3H3. The summed E-state index contributed by atoms with van der Waals surface area (Å²) in [6.45, 7) is 8.98. The van der Waals surface area contributed by atoms with Gasteiger partial charge in [0, 0.05) is 13.1 Å². The van der Waals surface area contributed by atoms with E-state index in [1.54, 1.807) is 24.3 Å². The average Bonchev–Trinajstić information content (AvgIpc) is 3.03. The lowest BCUT2D eigenvalue weighted by Gasteiger charge is -2.35. The molecule has 8 nitrogen and oxygen atoms in total. The fourth-order valence-electron chi connectivity index (χ4n) is 3.24. The zero-order chi connectivity index (χ0) is 18.7. The highest BCUT2D eigenvalue weighted by Crippen LogP contribution is 2.28. The van der Waals surface area contributed by atoms with Gasteiger partial charge in [0.25, 0.3) is 0 Å². The second-order valence-corrected chi connectivity index (χ2v) is 8.89. The molecule has 1 aromatic carbocycles. The maximum absolute atomic E-state index is 12.8. The van der Waals surface area contributed by atoms with E-state index >= 15 is 0 Å². The number of rotatable bonds is 6. The average molecular weight is 379 g/mol. The van der Waals surface area contributed by atoms with Gasteiger partial charge in [0.15, 0.2) is 21.5 Å². The molecule has 1 aliphatic heterocycles. The Morgan fingerprint density at radius 1 is 1.15 bits per heavy atom. The van der Waals surface area contributed by atoms with Crippen LogP contribution in [0, 0.1) is 12.8 Å². The summed E-state index contributed by atoms with van der Waals surface area (Å²) in [7, 11) is -3.54. The van der Waals surface area contributed by atoms with Crippen LogP contribution in [0.25, 0.3) is 0 Å². The van der Waals surface area contributed by atoms with Crippen molar-refractivity contribution >= 4 is 9.84 Å². The predicted octanol–water partition coefficient (Wildman–Crippen LogP) is 1.44. The Bertz CT molecular complexity index is 826. The SMILES string of the molecule is Cc1ccc(S(=O)(=O)Cn2nnnc2C(C(C)C)N2CCOCC2)cc1. The van der Waals surface area contributed by atoms with Crippen molar-refractivity contribution in [3.05, 3.63) is 35.7 Å². The normalized spacial score (nSPS) is 17.5. The second kappa shape index (κ2) is 7.81. The van der Waals surface area contributed by atoms with Gasteiger partial charge < -0.3 is 4.74 Å². The van der Waals surface area contributed by atoms with Crippen molar-refractivity contribution in [1.29, 1.82) is 0 Å². The maximum atomic E-state index is 12.8. The molecule has 0 spiro atoms. The van der Waals surface area contributed by atoms with Gasteiger partial charge in [-0.2, -0.15) is 0 Å². The largest absolute Gasteiger partial charge is 0.379 e. The molecule has 2 aromatic rings. The molecule has 1 aliphatic rings. The van der Waals surface area contributed by atoms with Crippen LogP contribution in [0.2, 0.25) is 0 Å². The predicted molar refractivity (Wildman–Crippen MR) is 96.2 cm³/mol. The fourth-order valence-corrected chi connectivity index (χ4v) is 4.44. The first-order valence-electron chi connectivity index (χ1n) is 8.76. The molecule has 9 heteroatoms. The molecule has 0 bridgehead atoms.